The second-order valence-electron chi connectivity index (χ2n) is 6.95. The lowest BCUT2D eigenvalue weighted by Crippen LogP contribution is -2.23. The van der Waals surface area contributed by atoms with Crippen molar-refractivity contribution >= 4 is 51.4 Å². The van der Waals surface area contributed by atoms with Crippen LogP contribution in [-0.2, 0) is 6.54 Å². The number of hydrogen-bond acceptors (Lipinski definition) is 5. The van der Waals surface area contributed by atoms with E-state index in [0.29, 0.717) is 21.9 Å². The van der Waals surface area contributed by atoms with Crippen molar-refractivity contribution in [3.05, 3.63) is 81.7 Å². The Kier molecular flexibility index (Phi) is 6.09. The van der Waals surface area contributed by atoms with Gasteiger partial charge in [0.2, 0.25) is 0 Å². The van der Waals surface area contributed by atoms with Gasteiger partial charge in [0.25, 0.3) is 5.91 Å². The van der Waals surface area contributed by atoms with Crippen LogP contribution < -0.4 is 21.3 Å². The average Bonchev–Trinajstić information content (AvgIpc) is 3.18. The first kappa shape index (κ1) is 21.8. The zero-order chi connectivity index (χ0) is 22.8. The molecular weight excluding hydrogens is 458 g/mol. The maximum Gasteiger partial charge on any atom is 0.267 e. The lowest BCUT2D eigenvalue weighted by molar-refractivity contribution is 0.0946. The molecule has 1 aromatic heterocycles. The molecule has 7 nitrogen and oxygen atoms in total. The number of fused-ring (bicyclic) bond motifs is 1. The molecule has 0 aliphatic rings. The molecule has 1 heterocycles. The Hall–Kier alpha value is -3.46. The molecule has 6 N–H and O–H groups in total. The Morgan fingerprint density at radius 3 is 2.69 bits per heavy atom. The van der Waals surface area contributed by atoms with Gasteiger partial charge in [0.1, 0.15) is 11.4 Å². The summed E-state index contributed by atoms with van der Waals surface area (Å²) in [5.41, 5.74) is 9.81. The van der Waals surface area contributed by atoms with E-state index in [1.54, 1.807) is 24.3 Å². The third-order valence-corrected chi connectivity index (χ3v) is 5.19. The molecule has 0 fully saturated rings. The standard InChI is InChI=1S/C22H17Cl2FN4O3/c23-13-7-14(26)9-16(8-13)32-21-17(24)3-1-11(20(21)25)10-27-22(30)19-6-12-5-15(29-31)2-4-18(12)28-19/h1-9,28-29,31H,10,26H2,(H,27,30). The smallest absolute Gasteiger partial charge is 0.267 e. The number of hydrogen-bond donors (Lipinski definition) is 5. The monoisotopic (exact) mass is 474 g/mol. The molecule has 3 aromatic carbocycles. The highest BCUT2D eigenvalue weighted by Gasteiger charge is 2.17. The van der Waals surface area contributed by atoms with Crippen LogP contribution >= 0.6 is 23.2 Å². The van der Waals surface area contributed by atoms with Gasteiger partial charge in [0.15, 0.2) is 11.6 Å². The van der Waals surface area contributed by atoms with Crippen LogP contribution in [0.4, 0.5) is 15.8 Å². The van der Waals surface area contributed by atoms with Crippen LogP contribution in [0.15, 0.2) is 54.6 Å². The summed E-state index contributed by atoms with van der Waals surface area (Å²) in [6.45, 7) is -0.102. The normalized spacial score (nSPS) is 10.9. The number of ether oxygens (including phenoxy) is 1. The summed E-state index contributed by atoms with van der Waals surface area (Å²) in [6, 6.07) is 14.1. The minimum absolute atomic E-state index is 0.0556. The maximum absolute atomic E-state index is 15.1. The molecular formula is C22H17Cl2FN4O3. The van der Waals surface area contributed by atoms with E-state index in [1.807, 2.05) is 0 Å². The van der Waals surface area contributed by atoms with E-state index < -0.39 is 11.7 Å². The van der Waals surface area contributed by atoms with E-state index in [9.17, 15) is 4.79 Å². The Morgan fingerprint density at radius 2 is 1.94 bits per heavy atom. The number of nitrogen functional groups attached to an aromatic ring is 1. The van der Waals surface area contributed by atoms with Crippen LogP contribution in [0.5, 0.6) is 11.5 Å². The number of nitrogens with one attached hydrogen (secondary N) is 3. The number of aromatic nitrogens is 1. The van der Waals surface area contributed by atoms with Crippen molar-refractivity contribution in [1.82, 2.24) is 10.3 Å². The first-order valence-corrected chi connectivity index (χ1v) is 10.1. The molecule has 0 bridgehead atoms. The Labute approximate surface area is 191 Å². The molecule has 4 rings (SSSR count). The Morgan fingerprint density at radius 1 is 1.12 bits per heavy atom. The van der Waals surface area contributed by atoms with Gasteiger partial charge in [-0.1, -0.05) is 29.3 Å². The summed E-state index contributed by atoms with van der Waals surface area (Å²) in [7, 11) is 0. The van der Waals surface area contributed by atoms with Crippen molar-refractivity contribution in [3.63, 3.8) is 0 Å². The minimum Gasteiger partial charge on any atom is -0.453 e. The molecule has 1 amide bonds. The van der Waals surface area contributed by atoms with Crippen LogP contribution in [0.2, 0.25) is 10.0 Å². The van der Waals surface area contributed by atoms with Crippen molar-refractivity contribution in [2.75, 3.05) is 11.2 Å². The van der Waals surface area contributed by atoms with Gasteiger partial charge >= 0.3 is 0 Å². The molecule has 0 unspecified atom stereocenters. The average molecular weight is 475 g/mol. The third kappa shape index (κ3) is 4.57. The molecule has 0 saturated carbocycles. The van der Waals surface area contributed by atoms with E-state index in [0.717, 1.165) is 5.39 Å². The second kappa shape index (κ2) is 8.96. The summed E-state index contributed by atoms with van der Waals surface area (Å²) in [6.07, 6.45) is 0. The largest absolute Gasteiger partial charge is 0.453 e. The highest BCUT2D eigenvalue weighted by molar-refractivity contribution is 6.32. The van der Waals surface area contributed by atoms with Crippen molar-refractivity contribution in [3.8, 4) is 11.5 Å². The molecule has 0 spiro atoms. The topological polar surface area (TPSA) is 112 Å². The molecule has 0 atom stereocenters. The number of carbonyl (C=O) groups is 1. The van der Waals surface area contributed by atoms with Gasteiger partial charge in [-0.15, -0.1) is 0 Å². The molecule has 32 heavy (non-hydrogen) atoms. The van der Waals surface area contributed by atoms with Crippen molar-refractivity contribution < 1.29 is 19.1 Å². The first-order chi connectivity index (χ1) is 15.3. The zero-order valence-electron chi connectivity index (χ0n) is 16.4. The second-order valence-corrected chi connectivity index (χ2v) is 7.80. The quantitative estimate of drug-likeness (QED) is 0.181. The molecule has 164 valence electrons. The minimum atomic E-state index is -0.716. The number of rotatable bonds is 6. The number of H-pyrrole nitrogens is 1. The summed E-state index contributed by atoms with van der Waals surface area (Å²) in [4.78, 5) is 15.5. The summed E-state index contributed by atoms with van der Waals surface area (Å²) in [5.74, 6) is -1.12. The Balaban J connectivity index is 1.52. The SMILES string of the molecule is Nc1cc(Cl)cc(Oc2c(Cl)ccc(CNC(=O)c3cc4cc(NO)ccc4[nH]3)c2F)c1. The van der Waals surface area contributed by atoms with Gasteiger partial charge in [-0.2, -0.15) is 0 Å². The number of nitrogens with two attached hydrogens (primary N) is 1. The van der Waals surface area contributed by atoms with Gasteiger partial charge in [-0.3, -0.25) is 15.5 Å². The fourth-order valence-corrected chi connectivity index (χ4v) is 3.58. The number of carbonyl (C=O) groups excluding carboxylic acids is 1. The maximum atomic E-state index is 15.1. The number of halogens is 3. The number of benzene rings is 3. The van der Waals surface area contributed by atoms with E-state index in [1.165, 1.54) is 30.3 Å². The summed E-state index contributed by atoms with van der Waals surface area (Å²) in [5, 5.41) is 12.8. The van der Waals surface area contributed by atoms with Gasteiger partial charge in [-0.05, 0) is 42.5 Å². The van der Waals surface area contributed by atoms with Crippen LogP contribution in [0.1, 0.15) is 16.1 Å². The van der Waals surface area contributed by atoms with Crippen LogP contribution in [-0.4, -0.2) is 16.1 Å². The van der Waals surface area contributed by atoms with Crippen molar-refractivity contribution in [1.29, 1.82) is 0 Å². The number of amides is 1. The van der Waals surface area contributed by atoms with Gasteiger partial charge in [0.05, 0.1) is 10.7 Å². The Bertz CT molecular complexity index is 1310. The van der Waals surface area contributed by atoms with Crippen LogP contribution in [0.25, 0.3) is 10.9 Å². The van der Waals surface area contributed by atoms with Gasteiger partial charge < -0.3 is 20.8 Å². The lowest BCUT2D eigenvalue weighted by atomic mass is 10.2. The summed E-state index contributed by atoms with van der Waals surface area (Å²) >= 11 is 12.1. The van der Waals surface area contributed by atoms with Gasteiger partial charge in [0, 0.05) is 39.8 Å². The van der Waals surface area contributed by atoms with Crippen LogP contribution in [0.3, 0.4) is 0 Å². The molecule has 0 aliphatic carbocycles. The molecule has 0 aliphatic heterocycles. The third-order valence-electron chi connectivity index (χ3n) is 4.68. The molecule has 4 aromatic rings. The van der Waals surface area contributed by atoms with E-state index in [-0.39, 0.29) is 34.3 Å². The predicted molar refractivity (Wildman–Crippen MR) is 122 cm³/mol. The highest BCUT2D eigenvalue weighted by atomic mass is 35.5. The number of aromatic amines is 1. The van der Waals surface area contributed by atoms with Crippen molar-refractivity contribution in [2.45, 2.75) is 6.54 Å². The summed E-state index contributed by atoms with van der Waals surface area (Å²) < 4.78 is 20.6. The fraction of sp³-hybridized carbons (Fsp3) is 0.0455. The first-order valence-electron chi connectivity index (χ1n) is 9.36. The lowest BCUT2D eigenvalue weighted by Gasteiger charge is -2.13. The molecule has 0 saturated heterocycles. The molecule has 10 heteroatoms. The van der Waals surface area contributed by atoms with Gasteiger partial charge in [-0.25, -0.2) is 4.39 Å². The van der Waals surface area contributed by atoms with E-state index in [4.69, 9.17) is 38.9 Å². The van der Waals surface area contributed by atoms with Crippen molar-refractivity contribution in [2.24, 2.45) is 0 Å². The predicted octanol–water partition coefficient (Wildman–Crippen LogP) is 5.72. The number of anilines is 2. The van der Waals surface area contributed by atoms with E-state index in [2.05, 4.69) is 15.8 Å². The molecule has 0 radical (unpaired) electrons. The zero-order valence-corrected chi connectivity index (χ0v) is 17.9. The van der Waals surface area contributed by atoms with Crippen LogP contribution in [0, 0.1) is 5.82 Å². The van der Waals surface area contributed by atoms with E-state index >= 15 is 4.39 Å². The highest BCUT2D eigenvalue weighted by Crippen LogP contribution is 2.35. The fourth-order valence-electron chi connectivity index (χ4n) is 3.16.